The number of ether oxygens (including phenoxy) is 1. The minimum atomic E-state index is -0.157. The largest absolute Gasteiger partial charge is 0.487 e. The van der Waals surface area contributed by atoms with Crippen LogP contribution in [0.5, 0.6) is 5.75 Å². The molecule has 0 radical (unpaired) electrons. The smallest absolute Gasteiger partial charge is 0.220 e. The van der Waals surface area contributed by atoms with Crippen molar-refractivity contribution in [3.8, 4) is 5.75 Å². The van der Waals surface area contributed by atoms with Crippen LogP contribution in [0.15, 0.2) is 29.1 Å². The molecule has 0 saturated carbocycles. The van der Waals surface area contributed by atoms with Gasteiger partial charge in [0.1, 0.15) is 6.61 Å². The van der Waals surface area contributed by atoms with E-state index in [2.05, 4.69) is 13.8 Å². The fourth-order valence-electron chi connectivity index (χ4n) is 1.23. The summed E-state index contributed by atoms with van der Waals surface area (Å²) in [6.07, 6.45) is 0. The molecule has 3 nitrogen and oxygen atoms in total. The first-order valence-electron chi connectivity index (χ1n) is 5.03. The molecule has 0 aliphatic rings. The summed E-state index contributed by atoms with van der Waals surface area (Å²) >= 11 is 0. The first-order valence-corrected chi connectivity index (χ1v) is 5.03. The second kappa shape index (κ2) is 5.51. The third kappa shape index (κ3) is 3.36. The standard InChI is InChI=1S/C12H16O3/c1-9(2)10-4-3-5-11(14)12(8-10)15-7-6-13/h3-5,8-9,13H,6-7H2,1-2H3. The van der Waals surface area contributed by atoms with Crippen LogP contribution in [0.2, 0.25) is 0 Å². The van der Waals surface area contributed by atoms with Gasteiger partial charge in [-0.15, -0.1) is 0 Å². The normalized spacial score (nSPS) is 10.4. The Labute approximate surface area is 89.3 Å². The Morgan fingerprint density at radius 1 is 1.40 bits per heavy atom. The third-order valence-electron chi connectivity index (χ3n) is 2.09. The van der Waals surface area contributed by atoms with Crippen molar-refractivity contribution >= 4 is 0 Å². The van der Waals surface area contributed by atoms with Crippen LogP contribution >= 0.6 is 0 Å². The van der Waals surface area contributed by atoms with Crippen molar-refractivity contribution in [2.75, 3.05) is 13.2 Å². The zero-order chi connectivity index (χ0) is 11.3. The molecular formula is C12H16O3. The molecule has 1 aromatic rings. The Hall–Kier alpha value is -1.35. The number of rotatable bonds is 4. The van der Waals surface area contributed by atoms with Crippen molar-refractivity contribution in [2.24, 2.45) is 0 Å². The molecule has 0 aliphatic heterocycles. The highest BCUT2D eigenvalue weighted by atomic mass is 16.5. The van der Waals surface area contributed by atoms with Crippen LogP contribution in [0, 0.1) is 0 Å². The zero-order valence-electron chi connectivity index (χ0n) is 9.06. The molecule has 82 valence electrons. The predicted molar refractivity (Wildman–Crippen MR) is 59.4 cm³/mol. The Morgan fingerprint density at radius 2 is 2.13 bits per heavy atom. The molecule has 0 amide bonds. The molecule has 0 atom stereocenters. The molecule has 0 heterocycles. The Kier molecular flexibility index (Phi) is 4.31. The lowest BCUT2D eigenvalue weighted by Gasteiger charge is -2.04. The summed E-state index contributed by atoms with van der Waals surface area (Å²) in [6.45, 7) is 4.16. The van der Waals surface area contributed by atoms with Crippen LogP contribution < -0.4 is 10.2 Å². The van der Waals surface area contributed by atoms with Crippen LogP contribution in [-0.2, 0) is 0 Å². The van der Waals surface area contributed by atoms with Gasteiger partial charge in [-0.1, -0.05) is 26.0 Å². The maximum absolute atomic E-state index is 11.5. The first kappa shape index (κ1) is 11.7. The topological polar surface area (TPSA) is 46.5 Å². The fraction of sp³-hybridized carbons (Fsp3) is 0.417. The average molecular weight is 208 g/mol. The Morgan fingerprint density at radius 3 is 2.73 bits per heavy atom. The summed E-state index contributed by atoms with van der Waals surface area (Å²) in [5, 5.41) is 8.63. The molecule has 3 heteroatoms. The lowest BCUT2D eigenvalue weighted by atomic mass is 10.1. The molecule has 0 unspecified atom stereocenters. The molecule has 0 spiro atoms. The Bertz CT molecular complexity index is 372. The van der Waals surface area contributed by atoms with Crippen LogP contribution in [0.4, 0.5) is 0 Å². The molecule has 1 aromatic carbocycles. The van der Waals surface area contributed by atoms with Gasteiger partial charge in [-0.25, -0.2) is 0 Å². The van der Waals surface area contributed by atoms with Crippen molar-refractivity contribution < 1.29 is 9.84 Å². The van der Waals surface area contributed by atoms with Gasteiger partial charge in [-0.05, 0) is 23.6 Å². The maximum atomic E-state index is 11.5. The highest BCUT2D eigenvalue weighted by Crippen LogP contribution is 2.15. The quantitative estimate of drug-likeness (QED) is 0.816. The van der Waals surface area contributed by atoms with E-state index in [4.69, 9.17) is 9.84 Å². The van der Waals surface area contributed by atoms with Crippen LogP contribution in [-0.4, -0.2) is 18.3 Å². The number of aliphatic hydroxyl groups excluding tert-OH is 1. The predicted octanol–water partition coefficient (Wildman–Crippen LogP) is 1.54. The van der Waals surface area contributed by atoms with E-state index in [1.165, 1.54) is 6.07 Å². The van der Waals surface area contributed by atoms with Gasteiger partial charge >= 0.3 is 0 Å². The van der Waals surface area contributed by atoms with Crippen LogP contribution in [0.1, 0.15) is 25.3 Å². The Balaban J connectivity index is 3.08. The SMILES string of the molecule is CC(C)c1cccc(=O)c(OCCO)c1. The lowest BCUT2D eigenvalue weighted by molar-refractivity contribution is 0.200. The zero-order valence-corrected chi connectivity index (χ0v) is 9.06. The van der Waals surface area contributed by atoms with Crippen LogP contribution in [0.25, 0.3) is 0 Å². The van der Waals surface area contributed by atoms with Gasteiger partial charge in [0.2, 0.25) is 5.43 Å². The fourth-order valence-corrected chi connectivity index (χ4v) is 1.23. The number of aliphatic hydroxyl groups is 1. The minimum Gasteiger partial charge on any atom is -0.487 e. The van der Waals surface area contributed by atoms with Gasteiger partial charge in [-0.3, -0.25) is 4.79 Å². The van der Waals surface area contributed by atoms with E-state index >= 15 is 0 Å². The molecule has 0 fully saturated rings. The molecule has 0 aromatic heterocycles. The van der Waals surface area contributed by atoms with Gasteiger partial charge in [0, 0.05) is 0 Å². The van der Waals surface area contributed by atoms with E-state index in [1.54, 1.807) is 12.1 Å². The number of hydrogen-bond acceptors (Lipinski definition) is 3. The van der Waals surface area contributed by atoms with Crippen molar-refractivity contribution in [1.82, 2.24) is 0 Å². The molecule has 15 heavy (non-hydrogen) atoms. The summed E-state index contributed by atoms with van der Waals surface area (Å²) in [7, 11) is 0. The van der Waals surface area contributed by atoms with Gasteiger partial charge < -0.3 is 9.84 Å². The van der Waals surface area contributed by atoms with E-state index in [1.807, 2.05) is 6.07 Å². The van der Waals surface area contributed by atoms with Gasteiger partial charge in [-0.2, -0.15) is 0 Å². The molecule has 0 bridgehead atoms. The molecule has 1 rings (SSSR count). The average Bonchev–Trinajstić information content (AvgIpc) is 2.37. The third-order valence-corrected chi connectivity index (χ3v) is 2.09. The van der Waals surface area contributed by atoms with Crippen molar-refractivity contribution in [1.29, 1.82) is 0 Å². The monoisotopic (exact) mass is 208 g/mol. The lowest BCUT2D eigenvalue weighted by Crippen LogP contribution is -2.08. The van der Waals surface area contributed by atoms with E-state index in [-0.39, 0.29) is 18.6 Å². The second-order valence-electron chi connectivity index (χ2n) is 3.63. The van der Waals surface area contributed by atoms with E-state index in [0.29, 0.717) is 11.7 Å². The molecule has 0 aliphatic carbocycles. The van der Waals surface area contributed by atoms with E-state index < -0.39 is 0 Å². The first-order chi connectivity index (χ1) is 7.15. The summed E-state index contributed by atoms with van der Waals surface area (Å²) in [6, 6.07) is 6.84. The number of hydrogen-bond donors (Lipinski definition) is 1. The highest BCUT2D eigenvalue weighted by molar-refractivity contribution is 5.28. The van der Waals surface area contributed by atoms with Gasteiger partial charge in [0.25, 0.3) is 0 Å². The summed E-state index contributed by atoms with van der Waals surface area (Å²) in [4.78, 5) is 11.5. The van der Waals surface area contributed by atoms with E-state index in [0.717, 1.165) is 5.56 Å². The van der Waals surface area contributed by atoms with E-state index in [9.17, 15) is 4.79 Å². The highest BCUT2D eigenvalue weighted by Gasteiger charge is 2.02. The summed E-state index contributed by atoms with van der Waals surface area (Å²) in [5.41, 5.74) is 0.889. The van der Waals surface area contributed by atoms with Crippen molar-refractivity contribution in [3.63, 3.8) is 0 Å². The van der Waals surface area contributed by atoms with Crippen molar-refractivity contribution in [3.05, 3.63) is 40.1 Å². The summed E-state index contributed by atoms with van der Waals surface area (Å²) in [5.74, 6) is 0.644. The minimum absolute atomic E-state index is 0.0882. The molecule has 0 saturated heterocycles. The van der Waals surface area contributed by atoms with Gasteiger partial charge in [0.05, 0.1) is 6.61 Å². The van der Waals surface area contributed by atoms with Gasteiger partial charge in [0.15, 0.2) is 5.75 Å². The maximum Gasteiger partial charge on any atom is 0.220 e. The molecule has 1 N–H and O–H groups in total. The molecular weight excluding hydrogens is 192 g/mol. The second-order valence-corrected chi connectivity index (χ2v) is 3.63. The summed E-state index contributed by atoms with van der Waals surface area (Å²) < 4.78 is 5.17. The van der Waals surface area contributed by atoms with Crippen molar-refractivity contribution in [2.45, 2.75) is 19.8 Å². The van der Waals surface area contributed by atoms with Crippen LogP contribution in [0.3, 0.4) is 0 Å².